The van der Waals surface area contributed by atoms with E-state index in [0.29, 0.717) is 5.69 Å². The lowest BCUT2D eigenvalue weighted by atomic mass is 10.1. The van der Waals surface area contributed by atoms with Gasteiger partial charge in [0.1, 0.15) is 11.6 Å². The molecule has 0 unspecified atom stereocenters. The van der Waals surface area contributed by atoms with E-state index in [4.69, 9.17) is 9.72 Å². The highest BCUT2D eigenvalue weighted by atomic mass is 16.5. The number of rotatable bonds is 4. The predicted octanol–water partition coefficient (Wildman–Crippen LogP) is 3.17. The van der Waals surface area contributed by atoms with E-state index in [2.05, 4.69) is 19.3 Å². The van der Waals surface area contributed by atoms with Crippen LogP contribution in [0.2, 0.25) is 0 Å². The molecule has 0 radical (unpaired) electrons. The number of imidazole rings is 1. The average Bonchev–Trinajstić information content (AvgIpc) is 3.38. The van der Waals surface area contributed by atoms with E-state index in [9.17, 15) is 4.79 Å². The zero-order chi connectivity index (χ0) is 18.9. The molecule has 3 aromatic rings. The SMILES string of the molecule is O=C(OCc1nnc2n1CCC2)c1nc(-c2ccccc2)n2c1CCCCC2. The maximum atomic E-state index is 12.9. The fourth-order valence-corrected chi connectivity index (χ4v) is 4.21. The molecule has 0 spiro atoms. The summed E-state index contributed by atoms with van der Waals surface area (Å²) in [5.74, 6) is 2.18. The van der Waals surface area contributed by atoms with Crippen molar-refractivity contribution in [3.8, 4) is 11.4 Å². The van der Waals surface area contributed by atoms with E-state index in [1.54, 1.807) is 0 Å². The van der Waals surface area contributed by atoms with Gasteiger partial charge in [0.2, 0.25) is 0 Å². The Balaban J connectivity index is 1.43. The monoisotopic (exact) mass is 377 g/mol. The maximum absolute atomic E-state index is 12.9. The number of ether oxygens (including phenoxy) is 1. The summed E-state index contributed by atoms with van der Waals surface area (Å²) < 4.78 is 9.87. The van der Waals surface area contributed by atoms with Crippen LogP contribution in [0.4, 0.5) is 0 Å². The van der Waals surface area contributed by atoms with Gasteiger partial charge in [-0.15, -0.1) is 10.2 Å². The normalized spacial score (nSPS) is 15.7. The largest absolute Gasteiger partial charge is 0.453 e. The van der Waals surface area contributed by atoms with Crippen LogP contribution in [0.3, 0.4) is 0 Å². The fraction of sp³-hybridized carbons (Fsp3) is 0.429. The first-order chi connectivity index (χ1) is 13.8. The van der Waals surface area contributed by atoms with Crippen LogP contribution in [-0.2, 0) is 37.3 Å². The maximum Gasteiger partial charge on any atom is 0.359 e. The van der Waals surface area contributed by atoms with Crippen molar-refractivity contribution in [1.29, 1.82) is 0 Å². The van der Waals surface area contributed by atoms with Gasteiger partial charge in [-0.2, -0.15) is 0 Å². The highest BCUT2D eigenvalue weighted by Crippen LogP contribution is 2.27. The minimum atomic E-state index is -0.372. The van der Waals surface area contributed by atoms with Crippen LogP contribution < -0.4 is 0 Å². The van der Waals surface area contributed by atoms with E-state index in [1.807, 2.05) is 30.3 Å². The summed E-state index contributed by atoms with van der Waals surface area (Å²) in [6.45, 7) is 1.92. The Morgan fingerprint density at radius 3 is 2.71 bits per heavy atom. The van der Waals surface area contributed by atoms with Gasteiger partial charge in [-0.25, -0.2) is 9.78 Å². The Kier molecular flexibility index (Phi) is 4.43. The second kappa shape index (κ2) is 7.22. The Morgan fingerprint density at radius 2 is 1.82 bits per heavy atom. The van der Waals surface area contributed by atoms with E-state index in [-0.39, 0.29) is 12.6 Å². The van der Waals surface area contributed by atoms with Gasteiger partial charge in [0.05, 0.1) is 5.69 Å². The van der Waals surface area contributed by atoms with Gasteiger partial charge >= 0.3 is 5.97 Å². The number of hydrogen-bond donors (Lipinski definition) is 0. The highest BCUT2D eigenvalue weighted by molar-refractivity contribution is 5.89. The Bertz CT molecular complexity index is 1010. The molecule has 1 aromatic carbocycles. The molecule has 0 saturated carbocycles. The smallest absolute Gasteiger partial charge is 0.359 e. The number of carbonyl (C=O) groups excluding carboxylic acids is 1. The van der Waals surface area contributed by atoms with Crippen LogP contribution in [0.15, 0.2) is 30.3 Å². The minimum absolute atomic E-state index is 0.138. The summed E-state index contributed by atoms with van der Waals surface area (Å²) in [6.07, 6.45) is 6.19. The van der Waals surface area contributed by atoms with Crippen LogP contribution in [0.5, 0.6) is 0 Å². The van der Waals surface area contributed by atoms with Crippen molar-refractivity contribution in [3.05, 3.63) is 53.4 Å². The lowest BCUT2D eigenvalue weighted by molar-refractivity contribution is 0.0450. The number of hydrogen-bond acceptors (Lipinski definition) is 5. The summed E-state index contributed by atoms with van der Waals surface area (Å²) in [6, 6.07) is 10.1. The first-order valence-corrected chi connectivity index (χ1v) is 10.0. The van der Waals surface area contributed by atoms with Crippen molar-refractivity contribution in [3.63, 3.8) is 0 Å². The molecule has 0 saturated heterocycles. The van der Waals surface area contributed by atoms with Gasteiger partial charge < -0.3 is 13.9 Å². The van der Waals surface area contributed by atoms with Crippen LogP contribution in [0.25, 0.3) is 11.4 Å². The molecule has 7 nitrogen and oxygen atoms in total. The first kappa shape index (κ1) is 17.2. The molecule has 0 amide bonds. The van der Waals surface area contributed by atoms with Crippen molar-refractivity contribution >= 4 is 5.97 Å². The summed E-state index contributed by atoms with van der Waals surface area (Å²) in [5, 5.41) is 8.34. The molecule has 2 aliphatic rings. The van der Waals surface area contributed by atoms with Crippen LogP contribution in [-0.4, -0.2) is 30.3 Å². The van der Waals surface area contributed by atoms with Crippen molar-refractivity contribution in [2.45, 2.75) is 58.2 Å². The molecular formula is C21H23N5O2. The van der Waals surface area contributed by atoms with E-state index in [1.165, 1.54) is 0 Å². The molecule has 0 aliphatic carbocycles. The second-order valence-corrected chi connectivity index (χ2v) is 7.42. The van der Waals surface area contributed by atoms with Crippen molar-refractivity contribution in [2.24, 2.45) is 0 Å². The van der Waals surface area contributed by atoms with E-state index < -0.39 is 0 Å². The van der Waals surface area contributed by atoms with Crippen molar-refractivity contribution < 1.29 is 9.53 Å². The van der Waals surface area contributed by atoms with Crippen molar-refractivity contribution in [2.75, 3.05) is 0 Å². The van der Waals surface area contributed by atoms with Crippen LogP contribution in [0.1, 0.15) is 53.5 Å². The topological polar surface area (TPSA) is 74.8 Å². The van der Waals surface area contributed by atoms with Gasteiger partial charge in [0.15, 0.2) is 18.1 Å². The molecule has 0 fully saturated rings. The number of esters is 1. The molecule has 0 atom stereocenters. The zero-order valence-corrected chi connectivity index (χ0v) is 15.8. The molecule has 0 N–H and O–H groups in total. The third-order valence-corrected chi connectivity index (χ3v) is 5.61. The number of carbonyl (C=O) groups is 1. The standard InChI is InChI=1S/C21H23N5O2/c27-21(28-14-18-24-23-17-11-7-13-26(17)18)19-16-10-5-2-6-12-25(16)20(22-19)15-8-3-1-4-9-15/h1,3-4,8-9H,2,5-7,10-14H2. The third kappa shape index (κ3) is 3.00. The van der Waals surface area contributed by atoms with E-state index >= 15 is 0 Å². The Morgan fingerprint density at radius 1 is 0.964 bits per heavy atom. The van der Waals surface area contributed by atoms with Crippen molar-refractivity contribution in [1.82, 2.24) is 24.3 Å². The summed E-state index contributed by atoms with van der Waals surface area (Å²) in [7, 11) is 0. The quantitative estimate of drug-likeness (QED) is 0.653. The lowest BCUT2D eigenvalue weighted by Crippen LogP contribution is -2.12. The fourth-order valence-electron chi connectivity index (χ4n) is 4.21. The predicted molar refractivity (Wildman–Crippen MR) is 103 cm³/mol. The highest BCUT2D eigenvalue weighted by Gasteiger charge is 2.26. The number of nitrogens with zero attached hydrogens (tertiary/aromatic N) is 5. The first-order valence-electron chi connectivity index (χ1n) is 10.0. The van der Waals surface area contributed by atoms with Gasteiger partial charge in [-0.1, -0.05) is 36.8 Å². The van der Waals surface area contributed by atoms with Gasteiger partial charge in [0, 0.05) is 25.1 Å². The molecule has 4 heterocycles. The Labute approximate surface area is 163 Å². The number of aromatic nitrogens is 5. The lowest BCUT2D eigenvalue weighted by Gasteiger charge is -2.09. The number of benzene rings is 1. The number of fused-ring (bicyclic) bond motifs is 2. The molecule has 2 aliphatic heterocycles. The van der Waals surface area contributed by atoms with Crippen LogP contribution >= 0.6 is 0 Å². The molecule has 2 aromatic heterocycles. The van der Waals surface area contributed by atoms with Gasteiger partial charge in [-0.05, 0) is 25.7 Å². The molecule has 28 heavy (non-hydrogen) atoms. The number of aryl methyl sites for hydroxylation is 1. The molecule has 5 rings (SSSR count). The summed E-state index contributed by atoms with van der Waals surface area (Å²) in [5.41, 5.74) is 2.47. The summed E-state index contributed by atoms with van der Waals surface area (Å²) in [4.78, 5) is 17.6. The summed E-state index contributed by atoms with van der Waals surface area (Å²) >= 11 is 0. The molecular weight excluding hydrogens is 354 g/mol. The van der Waals surface area contributed by atoms with Crippen LogP contribution in [0, 0.1) is 0 Å². The zero-order valence-electron chi connectivity index (χ0n) is 15.8. The average molecular weight is 377 g/mol. The van der Waals surface area contributed by atoms with Gasteiger partial charge in [-0.3, -0.25) is 0 Å². The van der Waals surface area contributed by atoms with E-state index in [0.717, 1.165) is 80.3 Å². The molecule has 144 valence electrons. The third-order valence-electron chi connectivity index (χ3n) is 5.61. The Hall–Kier alpha value is -2.96. The molecule has 7 heteroatoms. The van der Waals surface area contributed by atoms with Gasteiger partial charge in [0.25, 0.3) is 0 Å². The molecule has 0 bridgehead atoms. The second-order valence-electron chi connectivity index (χ2n) is 7.42. The minimum Gasteiger partial charge on any atom is -0.453 e.